The van der Waals surface area contributed by atoms with Gasteiger partial charge in [-0.2, -0.15) is 0 Å². The van der Waals surface area contributed by atoms with E-state index in [9.17, 15) is 4.79 Å². The van der Waals surface area contributed by atoms with Crippen LogP contribution in [0.25, 0.3) is 0 Å². The van der Waals surface area contributed by atoms with E-state index in [-0.39, 0.29) is 6.04 Å². The molecule has 4 nitrogen and oxygen atoms in total. The molecule has 0 aromatic heterocycles. The van der Waals surface area contributed by atoms with E-state index in [0.29, 0.717) is 0 Å². The molecule has 1 aliphatic heterocycles. The van der Waals surface area contributed by atoms with Crippen molar-refractivity contribution < 1.29 is 9.90 Å². The number of unbranched alkanes of at least 4 members (excludes halogenated alkanes) is 5. The Morgan fingerprint density at radius 3 is 2.21 bits per heavy atom. The van der Waals surface area contributed by atoms with Crippen LogP contribution >= 0.6 is 0 Å². The van der Waals surface area contributed by atoms with Gasteiger partial charge in [0.1, 0.15) is 6.04 Å². The Balaban J connectivity index is 2.05. The molecular formula is C15H30N2O2. The summed E-state index contributed by atoms with van der Waals surface area (Å²) in [5, 5.41) is 8.99. The lowest BCUT2D eigenvalue weighted by atomic mass is 10.1. The van der Waals surface area contributed by atoms with Gasteiger partial charge in [-0.1, -0.05) is 39.0 Å². The summed E-state index contributed by atoms with van der Waals surface area (Å²) >= 11 is 0. The molecule has 0 aromatic rings. The Bertz CT molecular complexity index is 251. The predicted molar refractivity (Wildman–Crippen MR) is 78.5 cm³/mol. The van der Waals surface area contributed by atoms with Crippen molar-refractivity contribution in [3.8, 4) is 0 Å². The highest BCUT2D eigenvalue weighted by molar-refractivity contribution is 5.72. The molecule has 19 heavy (non-hydrogen) atoms. The number of hydrogen-bond donors (Lipinski definition) is 1. The molecule has 1 heterocycles. The summed E-state index contributed by atoms with van der Waals surface area (Å²) in [4.78, 5) is 15.5. The summed E-state index contributed by atoms with van der Waals surface area (Å²) in [6, 6.07) is -0.337. The number of carboxylic acid groups (broad SMARTS) is 1. The van der Waals surface area contributed by atoms with E-state index in [0.717, 1.165) is 26.2 Å². The van der Waals surface area contributed by atoms with E-state index in [2.05, 4.69) is 16.7 Å². The molecule has 1 saturated heterocycles. The summed E-state index contributed by atoms with van der Waals surface area (Å²) in [6.07, 6.45) is 8.05. The highest BCUT2D eigenvalue weighted by Gasteiger charge is 2.24. The number of rotatable bonds is 9. The molecule has 0 aromatic carbocycles. The van der Waals surface area contributed by atoms with Crippen LogP contribution in [0.5, 0.6) is 0 Å². The van der Waals surface area contributed by atoms with Gasteiger partial charge in [-0.15, -0.1) is 0 Å². The summed E-state index contributed by atoms with van der Waals surface area (Å²) in [7, 11) is 0. The minimum absolute atomic E-state index is 0.337. The smallest absolute Gasteiger partial charge is 0.320 e. The number of aliphatic carboxylic acids is 1. The van der Waals surface area contributed by atoms with Gasteiger partial charge in [-0.25, -0.2) is 0 Å². The summed E-state index contributed by atoms with van der Waals surface area (Å²) in [5.74, 6) is -0.704. The average Bonchev–Trinajstić information content (AvgIpc) is 2.42. The van der Waals surface area contributed by atoms with Crippen LogP contribution < -0.4 is 0 Å². The number of carbonyl (C=O) groups is 1. The van der Waals surface area contributed by atoms with Crippen LogP contribution in [0.1, 0.15) is 52.4 Å². The van der Waals surface area contributed by atoms with Crippen LogP contribution in [-0.2, 0) is 4.79 Å². The van der Waals surface area contributed by atoms with Gasteiger partial charge in [0.05, 0.1) is 0 Å². The van der Waals surface area contributed by atoms with Gasteiger partial charge in [0.15, 0.2) is 0 Å². The van der Waals surface area contributed by atoms with Crippen molar-refractivity contribution in [3.63, 3.8) is 0 Å². The quantitative estimate of drug-likeness (QED) is 0.654. The molecule has 1 atom stereocenters. The number of carboxylic acids is 1. The van der Waals surface area contributed by atoms with Crippen molar-refractivity contribution in [3.05, 3.63) is 0 Å². The largest absolute Gasteiger partial charge is 0.480 e. The fourth-order valence-corrected chi connectivity index (χ4v) is 2.65. The Morgan fingerprint density at radius 2 is 1.63 bits per heavy atom. The Hall–Kier alpha value is -0.610. The Kier molecular flexibility index (Phi) is 8.07. The van der Waals surface area contributed by atoms with Crippen molar-refractivity contribution in [2.24, 2.45) is 0 Å². The summed E-state index contributed by atoms with van der Waals surface area (Å²) in [6.45, 7) is 9.04. The van der Waals surface area contributed by atoms with E-state index < -0.39 is 5.97 Å². The van der Waals surface area contributed by atoms with Crippen LogP contribution in [0.4, 0.5) is 0 Å². The Labute approximate surface area is 117 Å². The SMILES string of the molecule is CCCCCCCCN1CCN(C(C)C(=O)O)CC1. The molecule has 1 N–H and O–H groups in total. The molecule has 1 rings (SSSR count). The maximum atomic E-state index is 10.9. The summed E-state index contributed by atoms with van der Waals surface area (Å²) < 4.78 is 0. The first-order valence-corrected chi connectivity index (χ1v) is 7.84. The fraction of sp³-hybridized carbons (Fsp3) is 0.933. The minimum Gasteiger partial charge on any atom is -0.480 e. The molecule has 112 valence electrons. The lowest BCUT2D eigenvalue weighted by molar-refractivity contribution is -0.143. The maximum absolute atomic E-state index is 10.9. The monoisotopic (exact) mass is 270 g/mol. The second kappa shape index (κ2) is 9.32. The molecule has 0 aliphatic carbocycles. The molecule has 0 spiro atoms. The molecule has 0 amide bonds. The first kappa shape index (κ1) is 16.4. The van der Waals surface area contributed by atoms with E-state index in [1.165, 1.54) is 45.1 Å². The second-order valence-corrected chi connectivity index (χ2v) is 5.66. The van der Waals surface area contributed by atoms with E-state index in [1.54, 1.807) is 6.92 Å². The zero-order valence-electron chi connectivity index (χ0n) is 12.6. The first-order valence-electron chi connectivity index (χ1n) is 7.84. The highest BCUT2D eigenvalue weighted by atomic mass is 16.4. The molecular weight excluding hydrogens is 240 g/mol. The second-order valence-electron chi connectivity index (χ2n) is 5.66. The fourth-order valence-electron chi connectivity index (χ4n) is 2.65. The standard InChI is InChI=1S/C15H30N2O2/c1-3-4-5-6-7-8-9-16-10-12-17(13-11-16)14(2)15(18)19/h14H,3-13H2,1-2H3,(H,18,19). The van der Waals surface area contributed by atoms with Gasteiger partial charge < -0.3 is 10.0 Å². The zero-order chi connectivity index (χ0) is 14.1. The molecule has 1 fully saturated rings. The maximum Gasteiger partial charge on any atom is 0.320 e. The summed E-state index contributed by atoms with van der Waals surface area (Å²) in [5.41, 5.74) is 0. The molecule has 0 bridgehead atoms. The third kappa shape index (κ3) is 6.39. The normalized spacial score (nSPS) is 19.5. The van der Waals surface area contributed by atoms with Crippen molar-refractivity contribution in [1.82, 2.24) is 9.80 Å². The highest BCUT2D eigenvalue weighted by Crippen LogP contribution is 2.09. The molecule has 4 heteroatoms. The topological polar surface area (TPSA) is 43.8 Å². The van der Waals surface area contributed by atoms with Crippen LogP contribution in [0.15, 0.2) is 0 Å². The van der Waals surface area contributed by atoms with Crippen molar-refractivity contribution in [2.75, 3.05) is 32.7 Å². The number of piperazine rings is 1. The Morgan fingerprint density at radius 1 is 1.05 bits per heavy atom. The van der Waals surface area contributed by atoms with Crippen molar-refractivity contribution in [2.45, 2.75) is 58.4 Å². The third-order valence-corrected chi connectivity index (χ3v) is 4.14. The first-order chi connectivity index (χ1) is 9.15. The van der Waals surface area contributed by atoms with Gasteiger partial charge in [0, 0.05) is 26.2 Å². The lowest BCUT2D eigenvalue weighted by Crippen LogP contribution is -2.51. The third-order valence-electron chi connectivity index (χ3n) is 4.14. The van der Waals surface area contributed by atoms with Gasteiger partial charge in [-0.05, 0) is 19.9 Å². The van der Waals surface area contributed by atoms with Crippen LogP contribution in [0, 0.1) is 0 Å². The molecule has 1 unspecified atom stereocenters. The number of hydrogen-bond acceptors (Lipinski definition) is 3. The van der Waals surface area contributed by atoms with Gasteiger partial charge in [-0.3, -0.25) is 9.69 Å². The van der Waals surface area contributed by atoms with E-state index in [1.807, 2.05) is 0 Å². The van der Waals surface area contributed by atoms with Gasteiger partial charge in [0.2, 0.25) is 0 Å². The van der Waals surface area contributed by atoms with Crippen LogP contribution in [-0.4, -0.2) is 59.6 Å². The van der Waals surface area contributed by atoms with Gasteiger partial charge in [0.25, 0.3) is 0 Å². The molecule has 0 radical (unpaired) electrons. The van der Waals surface area contributed by atoms with Crippen LogP contribution in [0.3, 0.4) is 0 Å². The van der Waals surface area contributed by atoms with Crippen molar-refractivity contribution >= 4 is 5.97 Å². The van der Waals surface area contributed by atoms with E-state index >= 15 is 0 Å². The minimum atomic E-state index is -0.704. The lowest BCUT2D eigenvalue weighted by Gasteiger charge is -2.36. The van der Waals surface area contributed by atoms with Crippen molar-refractivity contribution in [1.29, 1.82) is 0 Å². The predicted octanol–water partition coefficient (Wildman–Crippen LogP) is 2.44. The van der Waals surface area contributed by atoms with Gasteiger partial charge >= 0.3 is 5.97 Å². The zero-order valence-corrected chi connectivity index (χ0v) is 12.6. The number of nitrogens with zero attached hydrogens (tertiary/aromatic N) is 2. The average molecular weight is 270 g/mol. The van der Waals surface area contributed by atoms with E-state index in [4.69, 9.17) is 5.11 Å². The molecule has 0 saturated carbocycles. The van der Waals surface area contributed by atoms with Crippen LogP contribution in [0.2, 0.25) is 0 Å². The molecule has 1 aliphatic rings.